The molecule has 0 aromatic carbocycles. The Morgan fingerprint density at radius 1 is 1.47 bits per heavy atom. The van der Waals surface area contributed by atoms with Crippen molar-refractivity contribution < 1.29 is 4.74 Å². The van der Waals surface area contributed by atoms with Gasteiger partial charge in [0.25, 0.3) is 0 Å². The molecule has 4 heteroatoms. The van der Waals surface area contributed by atoms with Gasteiger partial charge < -0.3 is 10.1 Å². The maximum Gasteiger partial charge on any atom is 0.0820 e. The number of hydrogen-bond acceptors (Lipinski definition) is 3. The third kappa shape index (κ3) is 5.00. The van der Waals surface area contributed by atoms with Gasteiger partial charge in [-0.3, -0.25) is 4.98 Å². The first-order valence-electron chi connectivity index (χ1n) is 5.25. The van der Waals surface area contributed by atoms with Crippen LogP contribution in [-0.4, -0.2) is 24.7 Å². The first kappa shape index (κ1) is 12.3. The van der Waals surface area contributed by atoms with E-state index < -0.39 is 0 Å². The molecule has 1 aromatic rings. The Labute approximate surface area is 95.8 Å². The molecule has 0 bridgehead atoms. The van der Waals surface area contributed by atoms with E-state index >= 15 is 0 Å². The molecule has 0 aliphatic rings. The van der Waals surface area contributed by atoms with Crippen LogP contribution in [0.4, 0.5) is 5.69 Å². The van der Waals surface area contributed by atoms with Crippen molar-refractivity contribution in [2.45, 2.75) is 19.8 Å². The average molecular weight is 229 g/mol. The van der Waals surface area contributed by atoms with Gasteiger partial charge in [0.15, 0.2) is 0 Å². The molecule has 0 aliphatic heterocycles. The number of nitrogens with zero attached hydrogens (tertiary/aromatic N) is 1. The molecule has 0 unspecified atom stereocenters. The number of halogens is 1. The third-order valence-corrected chi connectivity index (χ3v) is 2.20. The van der Waals surface area contributed by atoms with Crippen molar-refractivity contribution in [3.05, 3.63) is 23.5 Å². The molecule has 0 spiro atoms. The Bertz CT molecular complexity index is 281. The Balaban J connectivity index is 2.12. The topological polar surface area (TPSA) is 34.1 Å². The number of aromatic nitrogens is 1. The molecule has 0 fully saturated rings. The van der Waals surface area contributed by atoms with Crippen LogP contribution in [0.2, 0.25) is 5.02 Å². The second-order valence-corrected chi connectivity index (χ2v) is 3.66. The van der Waals surface area contributed by atoms with Crippen LogP contribution in [0.3, 0.4) is 0 Å². The summed E-state index contributed by atoms with van der Waals surface area (Å²) in [5.41, 5.74) is 0.933. The van der Waals surface area contributed by atoms with Crippen molar-refractivity contribution in [1.29, 1.82) is 0 Å². The van der Waals surface area contributed by atoms with E-state index in [0.29, 0.717) is 5.02 Å². The highest BCUT2D eigenvalue weighted by Gasteiger charge is 1.97. The van der Waals surface area contributed by atoms with Crippen LogP contribution in [-0.2, 0) is 4.74 Å². The zero-order valence-electron chi connectivity index (χ0n) is 9.00. The summed E-state index contributed by atoms with van der Waals surface area (Å²) in [7, 11) is 0. The molecule has 0 radical (unpaired) electrons. The molecule has 0 amide bonds. The Kier molecular flexibility index (Phi) is 6.12. The fourth-order valence-electron chi connectivity index (χ4n) is 1.16. The van der Waals surface area contributed by atoms with Gasteiger partial charge in [-0.05, 0) is 18.9 Å². The highest BCUT2D eigenvalue weighted by Crippen LogP contribution is 2.18. The highest BCUT2D eigenvalue weighted by atomic mass is 35.5. The van der Waals surface area contributed by atoms with Crippen molar-refractivity contribution in [2.75, 3.05) is 25.1 Å². The molecule has 1 N–H and O–H groups in total. The minimum Gasteiger partial charge on any atom is -0.384 e. The summed E-state index contributed by atoms with van der Waals surface area (Å²) in [5, 5.41) is 3.90. The van der Waals surface area contributed by atoms with Gasteiger partial charge >= 0.3 is 0 Å². The summed E-state index contributed by atoms with van der Waals surface area (Å²) in [4.78, 5) is 3.92. The maximum atomic E-state index is 5.93. The summed E-state index contributed by atoms with van der Waals surface area (Å²) in [5.74, 6) is 0. The number of nitrogens with one attached hydrogen (secondary N) is 1. The summed E-state index contributed by atoms with van der Waals surface area (Å²) in [6, 6.07) is 1.87. The van der Waals surface area contributed by atoms with E-state index in [9.17, 15) is 0 Å². The summed E-state index contributed by atoms with van der Waals surface area (Å²) in [6.07, 6.45) is 5.42. The molecule has 1 heterocycles. The summed E-state index contributed by atoms with van der Waals surface area (Å²) >= 11 is 5.93. The molecular formula is C11H17ClN2O. The normalized spacial score (nSPS) is 10.3. The lowest BCUT2D eigenvalue weighted by Gasteiger charge is -2.07. The quantitative estimate of drug-likeness (QED) is 0.729. The van der Waals surface area contributed by atoms with Gasteiger partial charge in [0.1, 0.15) is 0 Å². The van der Waals surface area contributed by atoms with Crippen LogP contribution < -0.4 is 5.32 Å². The SMILES string of the molecule is CCCOCCCNc1ccncc1Cl. The molecule has 3 nitrogen and oxygen atoms in total. The van der Waals surface area contributed by atoms with Gasteiger partial charge in [0, 0.05) is 32.2 Å². The lowest BCUT2D eigenvalue weighted by molar-refractivity contribution is 0.134. The zero-order valence-corrected chi connectivity index (χ0v) is 9.76. The van der Waals surface area contributed by atoms with Crippen LogP contribution in [0, 0.1) is 0 Å². The predicted molar refractivity (Wildman–Crippen MR) is 63.5 cm³/mol. The molecule has 0 saturated heterocycles. The van der Waals surface area contributed by atoms with E-state index in [4.69, 9.17) is 16.3 Å². The van der Waals surface area contributed by atoms with Crippen LogP contribution in [0.1, 0.15) is 19.8 Å². The minimum absolute atomic E-state index is 0.659. The Morgan fingerprint density at radius 3 is 3.07 bits per heavy atom. The lowest BCUT2D eigenvalue weighted by Crippen LogP contribution is -2.06. The van der Waals surface area contributed by atoms with Gasteiger partial charge in [-0.2, -0.15) is 0 Å². The van der Waals surface area contributed by atoms with E-state index in [-0.39, 0.29) is 0 Å². The van der Waals surface area contributed by atoms with Crippen molar-refractivity contribution in [3.63, 3.8) is 0 Å². The van der Waals surface area contributed by atoms with Crippen LogP contribution >= 0.6 is 11.6 Å². The number of rotatable bonds is 7. The fraction of sp³-hybridized carbons (Fsp3) is 0.545. The summed E-state index contributed by atoms with van der Waals surface area (Å²) < 4.78 is 5.37. The van der Waals surface area contributed by atoms with E-state index in [1.807, 2.05) is 6.07 Å². The fourth-order valence-corrected chi connectivity index (χ4v) is 1.35. The Morgan fingerprint density at radius 2 is 2.33 bits per heavy atom. The average Bonchev–Trinajstić information content (AvgIpc) is 2.25. The van der Waals surface area contributed by atoms with Crippen LogP contribution in [0.25, 0.3) is 0 Å². The third-order valence-electron chi connectivity index (χ3n) is 1.90. The van der Waals surface area contributed by atoms with Gasteiger partial charge in [-0.25, -0.2) is 0 Å². The second kappa shape index (κ2) is 7.49. The minimum atomic E-state index is 0.659. The van der Waals surface area contributed by atoms with Crippen LogP contribution in [0.5, 0.6) is 0 Å². The van der Waals surface area contributed by atoms with Crippen molar-refractivity contribution >= 4 is 17.3 Å². The van der Waals surface area contributed by atoms with Crippen molar-refractivity contribution in [2.24, 2.45) is 0 Å². The molecule has 0 atom stereocenters. The number of anilines is 1. The first-order valence-corrected chi connectivity index (χ1v) is 5.63. The standard InChI is InChI=1S/C11H17ClN2O/c1-2-7-15-8-3-5-14-11-4-6-13-9-10(11)12/h4,6,9H,2-3,5,7-8H2,1H3,(H,13,14). The van der Waals surface area contributed by atoms with Gasteiger partial charge in [-0.15, -0.1) is 0 Å². The molecule has 1 rings (SSSR count). The number of pyridine rings is 1. The van der Waals surface area contributed by atoms with E-state index in [2.05, 4.69) is 17.2 Å². The van der Waals surface area contributed by atoms with Crippen LogP contribution in [0.15, 0.2) is 18.5 Å². The van der Waals surface area contributed by atoms with Gasteiger partial charge in [0.05, 0.1) is 10.7 Å². The monoisotopic (exact) mass is 228 g/mol. The highest BCUT2D eigenvalue weighted by molar-refractivity contribution is 6.33. The largest absolute Gasteiger partial charge is 0.384 e. The van der Waals surface area contributed by atoms with Gasteiger partial charge in [-0.1, -0.05) is 18.5 Å². The number of hydrogen-bond donors (Lipinski definition) is 1. The Hall–Kier alpha value is -0.800. The zero-order chi connectivity index (χ0) is 10.9. The molecule has 0 aliphatic carbocycles. The van der Waals surface area contributed by atoms with E-state index in [0.717, 1.165) is 38.3 Å². The molecule has 84 valence electrons. The van der Waals surface area contributed by atoms with E-state index in [1.54, 1.807) is 12.4 Å². The molecule has 1 aromatic heterocycles. The molecular weight excluding hydrogens is 212 g/mol. The molecule has 15 heavy (non-hydrogen) atoms. The maximum absolute atomic E-state index is 5.93. The lowest BCUT2D eigenvalue weighted by atomic mass is 10.3. The smallest absolute Gasteiger partial charge is 0.0820 e. The summed E-state index contributed by atoms with van der Waals surface area (Å²) in [6.45, 7) is 4.61. The van der Waals surface area contributed by atoms with Crippen molar-refractivity contribution in [1.82, 2.24) is 4.98 Å². The molecule has 0 saturated carbocycles. The number of ether oxygens (including phenoxy) is 1. The first-order chi connectivity index (χ1) is 7.34. The van der Waals surface area contributed by atoms with Crippen molar-refractivity contribution in [3.8, 4) is 0 Å². The second-order valence-electron chi connectivity index (χ2n) is 3.25. The predicted octanol–water partition coefficient (Wildman–Crippen LogP) is 2.96. The van der Waals surface area contributed by atoms with E-state index in [1.165, 1.54) is 0 Å². The van der Waals surface area contributed by atoms with Gasteiger partial charge in [0.2, 0.25) is 0 Å².